The van der Waals surface area contributed by atoms with Crippen LogP contribution in [0.5, 0.6) is 5.75 Å². The normalized spacial score (nSPS) is 18.7. The minimum absolute atomic E-state index is 0.0505. The van der Waals surface area contributed by atoms with E-state index < -0.39 is 22.5 Å². The third-order valence-electron chi connectivity index (χ3n) is 3.18. The van der Waals surface area contributed by atoms with Crippen molar-refractivity contribution in [1.29, 1.82) is 0 Å². The summed E-state index contributed by atoms with van der Waals surface area (Å²) >= 11 is 0. The molecule has 118 valence electrons. The van der Waals surface area contributed by atoms with Crippen LogP contribution in [0.15, 0.2) is 17.2 Å². The van der Waals surface area contributed by atoms with Gasteiger partial charge in [-0.25, -0.2) is 5.43 Å². The molecule has 1 atom stereocenters. The quantitative estimate of drug-likeness (QED) is 0.630. The molecule has 0 saturated carbocycles. The van der Waals surface area contributed by atoms with E-state index in [4.69, 9.17) is 4.74 Å². The fourth-order valence-electron chi connectivity index (χ4n) is 2.18. The molecule has 1 aromatic rings. The maximum atomic E-state index is 13.6. The van der Waals surface area contributed by atoms with Gasteiger partial charge in [0.2, 0.25) is 5.82 Å². The predicted molar refractivity (Wildman–Crippen MR) is 77.4 cm³/mol. The Kier molecular flexibility index (Phi) is 4.25. The molecule has 1 aromatic carbocycles. The van der Waals surface area contributed by atoms with Crippen LogP contribution >= 0.6 is 0 Å². The van der Waals surface area contributed by atoms with Crippen molar-refractivity contribution < 1.29 is 18.8 Å². The number of hydrogen-bond donors (Lipinski definition) is 1. The molecule has 8 nitrogen and oxygen atoms in total. The number of carbonyl (C=O) groups excluding carboxylic acids is 1. The summed E-state index contributed by atoms with van der Waals surface area (Å²) in [5.41, 5.74) is 1.91. The SMILES string of the molecule is CC.CC1C(=O)NN=C2COc3cc(F)c([N+](=O)[O-])cc3N21. The molecule has 1 amide bonds. The van der Waals surface area contributed by atoms with Crippen LogP contribution < -0.4 is 15.1 Å². The number of amides is 1. The van der Waals surface area contributed by atoms with E-state index in [1.54, 1.807) is 6.92 Å². The molecule has 0 bridgehead atoms. The average molecular weight is 310 g/mol. The van der Waals surface area contributed by atoms with Crippen molar-refractivity contribution in [3.8, 4) is 5.75 Å². The van der Waals surface area contributed by atoms with Crippen LogP contribution in [0.4, 0.5) is 15.8 Å². The van der Waals surface area contributed by atoms with Crippen LogP contribution in [-0.2, 0) is 4.79 Å². The summed E-state index contributed by atoms with van der Waals surface area (Å²) in [6.45, 7) is 5.67. The fraction of sp³-hybridized carbons (Fsp3) is 0.385. The fourth-order valence-corrected chi connectivity index (χ4v) is 2.18. The lowest BCUT2D eigenvalue weighted by molar-refractivity contribution is -0.387. The number of fused-ring (bicyclic) bond motifs is 3. The number of amidine groups is 1. The van der Waals surface area contributed by atoms with Gasteiger partial charge in [-0.15, -0.1) is 0 Å². The van der Waals surface area contributed by atoms with Gasteiger partial charge in [-0.2, -0.15) is 9.49 Å². The largest absolute Gasteiger partial charge is 0.483 e. The van der Waals surface area contributed by atoms with Crippen molar-refractivity contribution in [2.75, 3.05) is 11.5 Å². The maximum Gasteiger partial charge on any atom is 0.307 e. The number of nitro groups is 1. The number of benzene rings is 1. The second-order valence-corrected chi connectivity index (χ2v) is 4.37. The lowest BCUT2D eigenvalue weighted by Crippen LogP contribution is -2.55. The van der Waals surface area contributed by atoms with Gasteiger partial charge in [0.15, 0.2) is 5.84 Å². The first kappa shape index (κ1) is 15.7. The molecule has 0 aromatic heterocycles. The van der Waals surface area contributed by atoms with Gasteiger partial charge in [-0.1, -0.05) is 13.8 Å². The summed E-state index contributed by atoms with van der Waals surface area (Å²) in [6, 6.07) is 1.38. The number of nitrogens with one attached hydrogen (secondary N) is 1. The molecule has 3 rings (SSSR count). The van der Waals surface area contributed by atoms with Crippen molar-refractivity contribution in [2.24, 2.45) is 5.10 Å². The molecule has 0 saturated heterocycles. The molecule has 2 aliphatic rings. The third kappa shape index (κ3) is 2.45. The molecule has 0 fully saturated rings. The summed E-state index contributed by atoms with van der Waals surface area (Å²) in [6.07, 6.45) is 0. The van der Waals surface area contributed by atoms with Gasteiger partial charge in [0, 0.05) is 12.1 Å². The highest BCUT2D eigenvalue weighted by Gasteiger charge is 2.36. The Morgan fingerprint density at radius 1 is 1.50 bits per heavy atom. The highest BCUT2D eigenvalue weighted by Crippen LogP contribution is 2.38. The first-order valence-electron chi connectivity index (χ1n) is 6.75. The molecular formula is C13H15FN4O4. The van der Waals surface area contributed by atoms with E-state index in [-0.39, 0.29) is 24.0 Å². The second kappa shape index (κ2) is 5.96. The molecule has 22 heavy (non-hydrogen) atoms. The summed E-state index contributed by atoms with van der Waals surface area (Å²) in [5, 5.41) is 14.6. The van der Waals surface area contributed by atoms with E-state index in [0.717, 1.165) is 12.1 Å². The lowest BCUT2D eigenvalue weighted by atomic mass is 10.1. The predicted octanol–water partition coefficient (Wildman–Crippen LogP) is 1.79. The van der Waals surface area contributed by atoms with Crippen LogP contribution in [0.1, 0.15) is 20.8 Å². The first-order chi connectivity index (χ1) is 10.5. The van der Waals surface area contributed by atoms with Gasteiger partial charge in [0.05, 0.1) is 10.6 Å². The van der Waals surface area contributed by atoms with E-state index in [2.05, 4.69) is 10.5 Å². The number of carbonyl (C=O) groups is 1. The first-order valence-corrected chi connectivity index (χ1v) is 6.75. The summed E-state index contributed by atoms with van der Waals surface area (Å²) in [4.78, 5) is 23.1. The molecular weight excluding hydrogens is 295 g/mol. The number of hydrogen-bond acceptors (Lipinski definition) is 6. The van der Waals surface area contributed by atoms with Crippen LogP contribution in [0, 0.1) is 15.9 Å². The van der Waals surface area contributed by atoms with Gasteiger partial charge in [-0.05, 0) is 6.92 Å². The lowest BCUT2D eigenvalue weighted by Gasteiger charge is -2.37. The molecule has 0 spiro atoms. The van der Waals surface area contributed by atoms with Crippen molar-refractivity contribution >= 4 is 23.1 Å². The zero-order chi connectivity index (χ0) is 16.4. The zero-order valence-corrected chi connectivity index (χ0v) is 12.3. The highest BCUT2D eigenvalue weighted by atomic mass is 19.1. The van der Waals surface area contributed by atoms with Gasteiger partial charge in [0.1, 0.15) is 18.4 Å². The van der Waals surface area contributed by atoms with Crippen molar-refractivity contribution in [1.82, 2.24) is 5.43 Å². The van der Waals surface area contributed by atoms with E-state index >= 15 is 0 Å². The van der Waals surface area contributed by atoms with Gasteiger partial charge >= 0.3 is 5.69 Å². The Labute approximate surface area is 125 Å². The van der Waals surface area contributed by atoms with Crippen LogP contribution in [0.3, 0.4) is 0 Å². The monoisotopic (exact) mass is 310 g/mol. The summed E-state index contributed by atoms with van der Waals surface area (Å²) < 4.78 is 18.9. The van der Waals surface area contributed by atoms with Crippen LogP contribution in [-0.4, -0.2) is 29.3 Å². The van der Waals surface area contributed by atoms with Gasteiger partial charge < -0.3 is 9.64 Å². The number of nitro benzene ring substituents is 1. The van der Waals surface area contributed by atoms with E-state index in [1.165, 1.54) is 4.90 Å². The Hall–Kier alpha value is -2.71. The molecule has 9 heteroatoms. The standard InChI is InChI=1S/C11H9FN4O4.C2H6/c1-5-11(17)14-13-10-4-20-9-2-6(12)7(16(18)19)3-8(9)15(5)10;1-2/h2-3,5H,4H2,1H3,(H,14,17);1-2H3. The number of hydrazone groups is 1. The van der Waals surface area contributed by atoms with E-state index in [1.807, 2.05) is 13.8 Å². The molecule has 1 unspecified atom stereocenters. The number of ether oxygens (including phenoxy) is 1. The van der Waals surface area contributed by atoms with Crippen LogP contribution in [0.25, 0.3) is 0 Å². The average Bonchev–Trinajstić information content (AvgIpc) is 2.51. The number of anilines is 1. The minimum Gasteiger partial charge on any atom is -0.483 e. The Bertz CT molecular complexity index is 662. The minimum atomic E-state index is -0.983. The second-order valence-electron chi connectivity index (χ2n) is 4.37. The topological polar surface area (TPSA) is 97.1 Å². The van der Waals surface area contributed by atoms with Crippen molar-refractivity contribution in [2.45, 2.75) is 26.8 Å². The molecule has 1 N–H and O–H groups in total. The molecule has 2 heterocycles. The van der Waals surface area contributed by atoms with Crippen molar-refractivity contribution in [3.63, 3.8) is 0 Å². The number of rotatable bonds is 1. The zero-order valence-electron chi connectivity index (χ0n) is 12.3. The number of halogens is 1. The summed E-state index contributed by atoms with van der Waals surface area (Å²) in [5.74, 6) is -0.782. The Morgan fingerprint density at radius 2 is 2.18 bits per heavy atom. The van der Waals surface area contributed by atoms with E-state index in [0.29, 0.717) is 5.84 Å². The van der Waals surface area contributed by atoms with Gasteiger partial charge in [-0.3, -0.25) is 14.9 Å². The molecule has 0 aliphatic carbocycles. The van der Waals surface area contributed by atoms with E-state index in [9.17, 15) is 19.3 Å². The molecule has 0 radical (unpaired) electrons. The van der Waals surface area contributed by atoms with Crippen molar-refractivity contribution in [3.05, 3.63) is 28.1 Å². The highest BCUT2D eigenvalue weighted by molar-refractivity contribution is 6.09. The third-order valence-corrected chi connectivity index (χ3v) is 3.18. The van der Waals surface area contributed by atoms with Crippen LogP contribution in [0.2, 0.25) is 0 Å². The summed E-state index contributed by atoms with van der Waals surface area (Å²) in [7, 11) is 0. The Morgan fingerprint density at radius 3 is 2.82 bits per heavy atom. The Balaban J connectivity index is 0.000000847. The molecule has 2 aliphatic heterocycles. The smallest absolute Gasteiger partial charge is 0.307 e. The maximum absolute atomic E-state index is 13.6. The number of nitrogens with zero attached hydrogens (tertiary/aromatic N) is 3. The van der Waals surface area contributed by atoms with Gasteiger partial charge in [0.25, 0.3) is 5.91 Å².